The summed E-state index contributed by atoms with van der Waals surface area (Å²) in [6, 6.07) is 16.2. The van der Waals surface area contributed by atoms with Crippen LogP contribution in [0.4, 0.5) is 23.2 Å². The molecule has 14 heteroatoms. The predicted octanol–water partition coefficient (Wildman–Crippen LogP) is 6.25. The zero-order chi connectivity index (χ0) is 32.0. The lowest BCUT2D eigenvalue weighted by molar-refractivity contribution is -0.137. The highest BCUT2D eigenvalue weighted by atomic mass is 19.4. The smallest absolute Gasteiger partial charge is 0.416 e. The Morgan fingerprint density at radius 1 is 0.956 bits per heavy atom. The number of pyridine rings is 1. The first kappa shape index (κ1) is 30.9. The van der Waals surface area contributed by atoms with E-state index in [4.69, 9.17) is 14.2 Å². The van der Waals surface area contributed by atoms with Gasteiger partial charge in [-0.3, -0.25) is 4.79 Å². The molecule has 2 aromatic heterocycles. The van der Waals surface area contributed by atoms with Crippen LogP contribution >= 0.6 is 0 Å². The molecule has 2 heterocycles. The summed E-state index contributed by atoms with van der Waals surface area (Å²) in [7, 11) is 1.58. The number of alkyl halides is 3. The standard InChI is InChI=1S/C31H26F4N6O4/c1-3-44-27-13-22(16-36-30(27)45-17-18-4-8-25(43-2)9-5-18)19-6-7-20(26(32)12-19)14-28(42)37-24-11-21(29-38-40-41-39-29)10-23(15-24)31(33,34)35/h4-13,15-16H,3,14,17H2,1-2H3,(H,37,42)(H,38,39,40,41). The number of benzene rings is 3. The van der Waals surface area contributed by atoms with E-state index in [9.17, 15) is 18.0 Å². The van der Waals surface area contributed by atoms with Crippen LogP contribution in [0, 0.1) is 5.82 Å². The molecule has 0 aliphatic heterocycles. The van der Waals surface area contributed by atoms with Crippen LogP contribution in [0.2, 0.25) is 0 Å². The number of nitrogens with one attached hydrogen (secondary N) is 2. The summed E-state index contributed by atoms with van der Waals surface area (Å²) < 4.78 is 72.3. The molecule has 0 saturated carbocycles. The molecule has 2 N–H and O–H groups in total. The Balaban J connectivity index is 1.29. The number of ether oxygens (including phenoxy) is 3. The number of carbonyl (C=O) groups is 1. The lowest BCUT2D eigenvalue weighted by Crippen LogP contribution is -2.16. The molecule has 232 valence electrons. The Kier molecular flexibility index (Phi) is 9.21. The Morgan fingerprint density at radius 2 is 1.76 bits per heavy atom. The predicted molar refractivity (Wildman–Crippen MR) is 155 cm³/mol. The highest BCUT2D eigenvalue weighted by Gasteiger charge is 2.32. The second-order valence-electron chi connectivity index (χ2n) is 9.66. The van der Waals surface area contributed by atoms with Gasteiger partial charge in [0.1, 0.15) is 18.2 Å². The third kappa shape index (κ3) is 7.71. The lowest BCUT2D eigenvalue weighted by Gasteiger charge is -2.14. The van der Waals surface area contributed by atoms with E-state index >= 15 is 4.39 Å². The van der Waals surface area contributed by atoms with Gasteiger partial charge in [0.05, 0.1) is 25.7 Å². The van der Waals surface area contributed by atoms with Gasteiger partial charge in [0.2, 0.25) is 11.7 Å². The van der Waals surface area contributed by atoms with Crippen LogP contribution in [0.5, 0.6) is 17.4 Å². The first-order valence-corrected chi connectivity index (χ1v) is 13.6. The number of aromatic amines is 1. The number of aromatic nitrogens is 5. The molecule has 0 unspecified atom stereocenters. The van der Waals surface area contributed by atoms with E-state index in [1.807, 2.05) is 31.2 Å². The number of tetrazole rings is 1. The van der Waals surface area contributed by atoms with Crippen LogP contribution in [-0.2, 0) is 24.0 Å². The first-order chi connectivity index (χ1) is 21.6. The van der Waals surface area contributed by atoms with E-state index < -0.39 is 29.9 Å². The zero-order valence-electron chi connectivity index (χ0n) is 24.0. The highest BCUT2D eigenvalue weighted by molar-refractivity contribution is 5.93. The van der Waals surface area contributed by atoms with Gasteiger partial charge in [-0.25, -0.2) is 9.37 Å². The molecule has 0 fully saturated rings. The quantitative estimate of drug-likeness (QED) is 0.166. The molecule has 0 bridgehead atoms. The van der Waals surface area contributed by atoms with Crippen molar-refractivity contribution in [3.05, 3.63) is 95.4 Å². The topological polar surface area (TPSA) is 124 Å². The molecular formula is C31H26F4N6O4. The number of carbonyl (C=O) groups excluding carboxylic acids is 1. The van der Waals surface area contributed by atoms with Gasteiger partial charge in [-0.1, -0.05) is 24.3 Å². The molecule has 0 aliphatic rings. The van der Waals surface area contributed by atoms with Crippen molar-refractivity contribution in [3.63, 3.8) is 0 Å². The first-order valence-electron chi connectivity index (χ1n) is 13.6. The molecule has 1 amide bonds. The SMILES string of the molecule is CCOc1cc(-c2ccc(CC(=O)Nc3cc(-c4nn[nH]n4)cc(C(F)(F)F)c3)c(F)c2)cnc1OCc1ccc(OC)cc1. The van der Waals surface area contributed by atoms with Crippen LogP contribution in [0.25, 0.3) is 22.5 Å². The van der Waals surface area contributed by atoms with Gasteiger partial charge >= 0.3 is 6.18 Å². The fourth-order valence-corrected chi connectivity index (χ4v) is 4.36. The molecule has 0 spiro atoms. The van der Waals surface area contributed by atoms with Gasteiger partial charge in [-0.15, -0.1) is 10.2 Å². The number of nitrogens with zero attached hydrogens (tertiary/aromatic N) is 4. The summed E-state index contributed by atoms with van der Waals surface area (Å²) >= 11 is 0. The molecule has 3 aromatic carbocycles. The van der Waals surface area contributed by atoms with Gasteiger partial charge in [0.15, 0.2) is 5.75 Å². The average molecular weight is 623 g/mol. The lowest BCUT2D eigenvalue weighted by atomic mass is 10.0. The minimum atomic E-state index is -4.70. The summed E-state index contributed by atoms with van der Waals surface area (Å²) in [4.78, 5) is 17.1. The summed E-state index contributed by atoms with van der Waals surface area (Å²) in [6.07, 6.45) is -3.61. The van der Waals surface area contributed by atoms with Crippen molar-refractivity contribution >= 4 is 11.6 Å². The van der Waals surface area contributed by atoms with Gasteiger partial charge in [-0.05, 0) is 71.3 Å². The monoisotopic (exact) mass is 622 g/mol. The fraction of sp³-hybridized carbons (Fsp3) is 0.194. The third-order valence-corrected chi connectivity index (χ3v) is 6.54. The van der Waals surface area contributed by atoms with E-state index in [1.165, 1.54) is 24.4 Å². The summed E-state index contributed by atoms with van der Waals surface area (Å²) in [5.41, 5.74) is 0.757. The van der Waals surface area contributed by atoms with E-state index in [2.05, 4.69) is 30.9 Å². The second kappa shape index (κ2) is 13.4. The number of hydrogen-bond donors (Lipinski definition) is 2. The summed E-state index contributed by atoms with van der Waals surface area (Å²) in [5, 5.41) is 15.3. The van der Waals surface area contributed by atoms with Crippen LogP contribution in [0.3, 0.4) is 0 Å². The molecule has 45 heavy (non-hydrogen) atoms. The molecule has 0 atom stereocenters. The summed E-state index contributed by atoms with van der Waals surface area (Å²) in [6.45, 7) is 2.39. The highest BCUT2D eigenvalue weighted by Crippen LogP contribution is 2.35. The van der Waals surface area contributed by atoms with Crippen LogP contribution in [-0.4, -0.2) is 45.2 Å². The maximum atomic E-state index is 15.2. The van der Waals surface area contributed by atoms with Crippen molar-refractivity contribution < 1.29 is 36.6 Å². The number of rotatable bonds is 11. The maximum absolute atomic E-state index is 15.2. The largest absolute Gasteiger partial charge is 0.497 e. The van der Waals surface area contributed by atoms with Gasteiger partial charge < -0.3 is 19.5 Å². The number of H-pyrrole nitrogens is 1. The minimum Gasteiger partial charge on any atom is -0.497 e. The van der Waals surface area contributed by atoms with E-state index in [0.29, 0.717) is 23.5 Å². The fourth-order valence-electron chi connectivity index (χ4n) is 4.36. The molecule has 0 saturated heterocycles. The Bertz CT molecular complexity index is 1780. The number of halogens is 4. The van der Waals surface area contributed by atoms with Crippen molar-refractivity contribution in [2.45, 2.75) is 26.1 Å². The normalized spacial score (nSPS) is 11.2. The summed E-state index contributed by atoms with van der Waals surface area (Å²) in [5.74, 6) is -0.134. The van der Waals surface area contributed by atoms with Gasteiger partial charge in [0.25, 0.3) is 5.88 Å². The zero-order valence-corrected chi connectivity index (χ0v) is 24.0. The molecule has 10 nitrogen and oxygen atoms in total. The van der Waals surface area contributed by atoms with Crippen molar-refractivity contribution in [1.29, 1.82) is 0 Å². The second-order valence-corrected chi connectivity index (χ2v) is 9.66. The molecule has 0 radical (unpaired) electrons. The van der Waals surface area contributed by atoms with Crippen molar-refractivity contribution in [2.75, 3.05) is 19.0 Å². The van der Waals surface area contributed by atoms with Crippen molar-refractivity contribution in [3.8, 4) is 39.9 Å². The van der Waals surface area contributed by atoms with E-state index in [-0.39, 0.29) is 35.1 Å². The Hall–Kier alpha value is -5.53. The minimum absolute atomic E-state index is 0.0124. The average Bonchev–Trinajstić information content (AvgIpc) is 3.57. The van der Waals surface area contributed by atoms with Crippen LogP contribution in [0.15, 0.2) is 72.9 Å². The Morgan fingerprint density at radius 3 is 2.42 bits per heavy atom. The number of methoxy groups -OCH3 is 1. The van der Waals surface area contributed by atoms with E-state index in [1.54, 1.807) is 19.2 Å². The van der Waals surface area contributed by atoms with Gasteiger partial charge in [0, 0.05) is 23.0 Å². The van der Waals surface area contributed by atoms with Gasteiger partial charge in [-0.2, -0.15) is 18.4 Å². The van der Waals surface area contributed by atoms with Crippen molar-refractivity contribution in [1.82, 2.24) is 25.6 Å². The molecular weight excluding hydrogens is 596 g/mol. The van der Waals surface area contributed by atoms with E-state index in [0.717, 1.165) is 23.4 Å². The Labute approximate surface area is 254 Å². The molecule has 5 aromatic rings. The van der Waals surface area contributed by atoms with Crippen molar-refractivity contribution in [2.24, 2.45) is 0 Å². The number of amides is 1. The number of anilines is 1. The number of hydrogen-bond acceptors (Lipinski definition) is 8. The maximum Gasteiger partial charge on any atom is 0.416 e. The molecule has 5 rings (SSSR count). The third-order valence-electron chi connectivity index (χ3n) is 6.54. The van der Waals surface area contributed by atoms with Crippen LogP contribution < -0.4 is 19.5 Å². The van der Waals surface area contributed by atoms with Crippen LogP contribution in [0.1, 0.15) is 23.6 Å². The molecule has 0 aliphatic carbocycles.